The molecule has 0 radical (unpaired) electrons. The number of nitrogens with two attached hydrogens (primary N) is 5. The van der Waals surface area contributed by atoms with Gasteiger partial charge in [0.1, 0.15) is 78.3 Å². The molecule has 4 rings (SSSR count). The van der Waals surface area contributed by atoms with Crippen LogP contribution in [0.4, 0.5) is 0 Å². The summed E-state index contributed by atoms with van der Waals surface area (Å²) < 4.78 is 0. The molecule has 592 valence electrons. The molecule has 0 fully saturated rings. The van der Waals surface area contributed by atoms with E-state index < -0.39 is 181 Å². The van der Waals surface area contributed by atoms with Crippen LogP contribution in [0.2, 0.25) is 0 Å². The number of aliphatic hydroxyl groups is 1. The first-order chi connectivity index (χ1) is 51.0. The standard InChI is InChI=1S/C72H106N18O18/c1-37(2)30-51(65(101)84-50(71(107)108)21-15-29-78-72(76)77)88-66(102)52(31-38(3)4)87-62(98)48(20-13-14-28-73)82-63(99)49(26-27-58(94)95)83-67(103)54(32-42-16-9-8-10-17-42)90-69(105)56(35-57(74)93)86-60(96)39(5)80-64(100)53(33-43-22-24-45(92)25-23-43)89-68(104)55(34-44-36-79-47-19-12-11-18-46(44)47)85-61(97)40(6)81-70(106)59(75)41(7)91/h8-12,16-19,22-25,36-41,48-56,59,79,91-92H,13-15,20-21,26-35,73,75H2,1-7H3,(H2,74,93)(H,80,100)(H,81,106)(H,82,99)(H,83,103)(H,84,101)(H,85,97)(H,86,96)(H,87,98)(H,88,102)(H,89,104)(H,90,105)(H,94,95)(H,107,108)(H4,76,77,78)/t39-,40-,41-,48-,49-,50-,51-,52-,53-,54-,55-,56-,59-/m1/s1. The number of nitrogens with zero attached hydrogens (tertiary/aromatic N) is 1. The van der Waals surface area contributed by atoms with Gasteiger partial charge in [-0.2, -0.15) is 0 Å². The van der Waals surface area contributed by atoms with Crippen molar-refractivity contribution < 1.29 is 87.5 Å². The number of hydrogen-bond donors (Lipinski definition) is 21. The average Bonchev–Trinajstić information content (AvgIpc) is 1.54. The zero-order valence-electron chi connectivity index (χ0n) is 61.7. The Bertz CT molecular complexity index is 3760. The third-order valence-corrected chi connectivity index (χ3v) is 17.1. The van der Waals surface area contributed by atoms with Gasteiger partial charge >= 0.3 is 11.9 Å². The Morgan fingerprint density at radius 2 is 0.870 bits per heavy atom. The van der Waals surface area contributed by atoms with Crippen molar-refractivity contribution >= 4 is 99.7 Å². The molecule has 0 bridgehead atoms. The number of hydrogen-bond acceptors (Lipinski definition) is 19. The maximum atomic E-state index is 14.7. The van der Waals surface area contributed by atoms with E-state index in [1.165, 1.54) is 45.0 Å². The lowest BCUT2D eigenvalue weighted by atomic mass is 9.99. The number of aromatic amines is 1. The van der Waals surface area contributed by atoms with E-state index >= 15 is 0 Å². The van der Waals surface area contributed by atoms with E-state index in [9.17, 15) is 87.5 Å². The van der Waals surface area contributed by atoms with Gasteiger partial charge < -0.3 is 113 Å². The van der Waals surface area contributed by atoms with Crippen molar-refractivity contribution in [1.82, 2.24) is 63.5 Å². The van der Waals surface area contributed by atoms with E-state index in [2.05, 4.69) is 68.5 Å². The number of guanidine groups is 1. The first kappa shape index (κ1) is 89.1. The summed E-state index contributed by atoms with van der Waals surface area (Å²) in [7, 11) is 0. The fourth-order valence-electron chi connectivity index (χ4n) is 11.2. The van der Waals surface area contributed by atoms with Crippen molar-refractivity contribution in [2.45, 2.75) is 211 Å². The van der Waals surface area contributed by atoms with Crippen LogP contribution in [0, 0.1) is 11.8 Å². The topological polar surface area (TPSA) is 610 Å². The van der Waals surface area contributed by atoms with E-state index in [-0.39, 0.29) is 94.4 Å². The number of carboxylic acid groups (broad SMARTS) is 2. The number of phenols is 1. The number of aliphatic carboxylic acids is 2. The third-order valence-electron chi connectivity index (χ3n) is 17.1. The van der Waals surface area contributed by atoms with Crippen LogP contribution < -0.4 is 87.2 Å². The SMILES string of the molecule is CC(C)C[C@@H](NC(=O)[C@@H](CC(C)C)NC(=O)[C@@H](CCCCN)NC(=O)[C@@H](CCC(=O)O)NC(=O)[C@@H](Cc1ccccc1)NC(=O)[C@@H](CC(N)=O)NC(=O)[C@@H](C)NC(=O)[C@@H](Cc1ccc(O)cc1)NC(=O)[C@@H](Cc1c[nH]c2ccccc12)NC(=O)[C@@H](C)NC(=O)[C@H](N)[C@@H](C)O)C(=O)N[C@H](CCCN=C(N)N)C(=O)O. The van der Waals surface area contributed by atoms with Crippen LogP contribution in [0.1, 0.15) is 129 Å². The molecule has 3 aromatic carbocycles. The molecule has 1 aromatic heterocycles. The number of carbonyl (C=O) groups is 14. The fourth-order valence-corrected chi connectivity index (χ4v) is 11.2. The minimum atomic E-state index is -1.89. The van der Waals surface area contributed by atoms with Gasteiger partial charge in [-0.25, -0.2) is 4.79 Å². The van der Waals surface area contributed by atoms with Crippen LogP contribution in [0.3, 0.4) is 0 Å². The number of rotatable bonds is 47. The van der Waals surface area contributed by atoms with Crippen LogP contribution in [0.5, 0.6) is 5.75 Å². The molecule has 0 unspecified atom stereocenters. The summed E-state index contributed by atoms with van der Waals surface area (Å²) in [4.78, 5) is 200. The van der Waals surface area contributed by atoms with Crippen LogP contribution in [0.25, 0.3) is 10.9 Å². The summed E-state index contributed by atoms with van der Waals surface area (Å²) in [5.74, 6) is -15.4. The number of carboxylic acids is 2. The molecule has 0 aliphatic heterocycles. The number of aliphatic imine (C=N–C) groups is 1. The van der Waals surface area contributed by atoms with Gasteiger partial charge in [0.05, 0.1) is 12.5 Å². The van der Waals surface area contributed by atoms with Gasteiger partial charge in [-0.1, -0.05) is 88.4 Å². The minimum Gasteiger partial charge on any atom is -0.508 e. The van der Waals surface area contributed by atoms with E-state index in [0.717, 1.165) is 0 Å². The highest BCUT2D eigenvalue weighted by molar-refractivity contribution is 6.00. The number of unbranched alkanes of at least 4 members (excludes halogenated alkanes) is 1. The highest BCUT2D eigenvalue weighted by atomic mass is 16.4. The molecular weight excluding hydrogens is 1400 g/mol. The third kappa shape index (κ3) is 31.0. The molecule has 0 spiro atoms. The summed E-state index contributed by atoms with van der Waals surface area (Å²) in [5, 5.41) is 68.4. The lowest BCUT2D eigenvalue weighted by Gasteiger charge is -2.29. The predicted octanol–water partition coefficient (Wildman–Crippen LogP) is -2.92. The Morgan fingerprint density at radius 3 is 1.37 bits per heavy atom. The minimum absolute atomic E-state index is 0.00827. The van der Waals surface area contributed by atoms with Gasteiger partial charge in [-0.15, -0.1) is 0 Å². The van der Waals surface area contributed by atoms with Crippen molar-refractivity contribution in [3.8, 4) is 5.75 Å². The Kier molecular flexibility index (Phi) is 36.8. The Hall–Kier alpha value is -11.3. The zero-order valence-corrected chi connectivity index (χ0v) is 61.7. The lowest BCUT2D eigenvalue weighted by Crippen LogP contribution is -2.61. The molecular formula is C72H106N18O18. The number of carbonyl (C=O) groups excluding carboxylic acids is 12. The maximum Gasteiger partial charge on any atom is 0.326 e. The first-order valence-corrected chi connectivity index (χ1v) is 35.6. The molecule has 0 saturated carbocycles. The summed E-state index contributed by atoms with van der Waals surface area (Å²) in [6, 6.07) is 2.45. The van der Waals surface area contributed by atoms with Crippen molar-refractivity contribution in [3.05, 3.63) is 102 Å². The molecule has 1 heterocycles. The highest BCUT2D eigenvalue weighted by Crippen LogP contribution is 2.21. The van der Waals surface area contributed by atoms with E-state index in [1.807, 2.05) is 0 Å². The Labute approximate surface area is 624 Å². The summed E-state index contributed by atoms with van der Waals surface area (Å²) in [5.41, 5.74) is 30.0. The number of aromatic hydroxyl groups is 1. The molecule has 13 atom stereocenters. The quantitative estimate of drug-likeness (QED) is 0.0120. The number of aromatic nitrogens is 1. The molecule has 36 nitrogen and oxygen atoms in total. The zero-order chi connectivity index (χ0) is 80.5. The Morgan fingerprint density at radius 1 is 0.454 bits per heavy atom. The largest absolute Gasteiger partial charge is 0.508 e. The fraction of sp³-hybridized carbons (Fsp3) is 0.514. The molecule has 0 aliphatic carbocycles. The predicted molar refractivity (Wildman–Crippen MR) is 396 cm³/mol. The number of benzene rings is 3. The van der Waals surface area contributed by atoms with Gasteiger partial charge in [0.2, 0.25) is 70.9 Å². The van der Waals surface area contributed by atoms with E-state index in [0.29, 0.717) is 34.0 Å². The van der Waals surface area contributed by atoms with Crippen molar-refractivity contribution in [2.75, 3.05) is 13.1 Å². The molecule has 26 N–H and O–H groups in total. The number of aliphatic hydroxyl groups excluding tert-OH is 1. The molecule has 0 saturated heterocycles. The van der Waals surface area contributed by atoms with Crippen molar-refractivity contribution in [3.63, 3.8) is 0 Å². The normalized spacial score (nSPS) is 14.8. The van der Waals surface area contributed by atoms with Gasteiger partial charge in [0, 0.05) is 49.3 Å². The maximum absolute atomic E-state index is 14.7. The summed E-state index contributed by atoms with van der Waals surface area (Å²) in [6.07, 6.45) is -2.10. The number of primary amides is 1. The highest BCUT2D eigenvalue weighted by Gasteiger charge is 2.38. The first-order valence-electron chi connectivity index (χ1n) is 35.6. The number of para-hydroxylation sites is 1. The second kappa shape index (κ2) is 44.6. The van der Waals surface area contributed by atoms with Crippen LogP contribution in [0.15, 0.2) is 90.1 Å². The number of amides is 12. The van der Waals surface area contributed by atoms with Crippen LogP contribution >= 0.6 is 0 Å². The van der Waals surface area contributed by atoms with Gasteiger partial charge in [-0.3, -0.25) is 67.3 Å². The number of H-pyrrole nitrogens is 1. The molecule has 108 heavy (non-hydrogen) atoms. The summed E-state index contributed by atoms with van der Waals surface area (Å²) >= 11 is 0. The Balaban J connectivity index is 1.62. The monoisotopic (exact) mass is 1510 g/mol. The van der Waals surface area contributed by atoms with Gasteiger partial charge in [-0.05, 0) is 125 Å². The van der Waals surface area contributed by atoms with E-state index in [1.54, 1.807) is 88.5 Å². The number of fused-ring (bicyclic) bond motifs is 1. The smallest absolute Gasteiger partial charge is 0.326 e. The number of nitrogens with one attached hydrogen (secondary N) is 12. The van der Waals surface area contributed by atoms with Crippen LogP contribution in [-0.4, -0.2) is 206 Å². The summed E-state index contributed by atoms with van der Waals surface area (Å²) in [6.45, 7) is 11.1. The van der Waals surface area contributed by atoms with Crippen molar-refractivity contribution in [2.24, 2.45) is 45.5 Å². The van der Waals surface area contributed by atoms with Crippen LogP contribution in [-0.2, 0) is 86.4 Å². The van der Waals surface area contributed by atoms with Crippen molar-refractivity contribution in [1.29, 1.82) is 0 Å². The number of phenolic OH excluding ortho intramolecular Hbond substituents is 1. The average molecular weight is 1510 g/mol. The lowest BCUT2D eigenvalue weighted by molar-refractivity contribution is -0.142. The second-order valence-corrected chi connectivity index (χ2v) is 27.3. The van der Waals surface area contributed by atoms with E-state index in [4.69, 9.17) is 28.7 Å². The second-order valence-electron chi connectivity index (χ2n) is 27.3. The molecule has 0 aliphatic rings. The molecule has 36 heteroatoms. The van der Waals surface area contributed by atoms with Gasteiger partial charge in [0.15, 0.2) is 5.96 Å². The molecule has 4 aromatic rings. The van der Waals surface area contributed by atoms with Gasteiger partial charge in [0.25, 0.3) is 0 Å². The molecule has 12 amide bonds.